The van der Waals surface area contributed by atoms with Crippen molar-refractivity contribution in [3.8, 4) is 0 Å². The van der Waals surface area contributed by atoms with Gasteiger partial charge in [-0.3, -0.25) is 4.99 Å². The first-order valence-electron chi connectivity index (χ1n) is 7.51. The number of hydrogen-bond donors (Lipinski definition) is 2. The van der Waals surface area contributed by atoms with Crippen LogP contribution in [-0.2, 0) is 0 Å². The van der Waals surface area contributed by atoms with E-state index in [-0.39, 0.29) is 29.5 Å². The molecule has 1 saturated carbocycles. The van der Waals surface area contributed by atoms with Gasteiger partial charge in [0.25, 0.3) is 0 Å². The standard InChI is InChI=1S/C16H24F2N4.HI/c1-10-8-13(10)21-16(19-2)20-9-14(22(3)4)15-11(17)6-5-7-12(15)18;/h5-7,10,13-14H,8-9H2,1-4H3,(H2,19,20,21);1H. The quantitative estimate of drug-likeness (QED) is 0.422. The van der Waals surface area contributed by atoms with Gasteiger partial charge in [0, 0.05) is 25.2 Å². The summed E-state index contributed by atoms with van der Waals surface area (Å²) in [6.07, 6.45) is 1.12. The SMILES string of the molecule is CN=C(NCC(c1c(F)cccc1F)N(C)C)NC1CC1C.I. The van der Waals surface area contributed by atoms with Crippen LogP contribution in [0.1, 0.15) is 24.9 Å². The van der Waals surface area contributed by atoms with Crippen molar-refractivity contribution < 1.29 is 8.78 Å². The maximum Gasteiger partial charge on any atom is 0.191 e. The van der Waals surface area contributed by atoms with Crippen LogP contribution in [0, 0.1) is 17.6 Å². The summed E-state index contributed by atoms with van der Waals surface area (Å²) in [7, 11) is 5.30. The van der Waals surface area contributed by atoms with E-state index in [0.29, 0.717) is 24.5 Å². The summed E-state index contributed by atoms with van der Waals surface area (Å²) in [5, 5.41) is 6.46. The van der Waals surface area contributed by atoms with Crippen molar-refractivity contribution in [3.05, 3.63) is 35.4 Å². The van der Waals surface area contributed by atoms with Crippen LogP contribution in [0.5, 0.6) is 0 Å². The van der Waals surface area contributed by atoms with Crippen molar-refractivity contribution in [1.82, 2.24) is 15.5 Å². The van der Waals surface area contributed by atoms with Gasteiger partial charge in [0.15, 0.2) is 5.96 Å². The van der Waals surface area contributed by atoms with Gasteiger partial charge in [-0.2, -0.15) is 0 Å². The molecule has 1 aromatic rings. The zero-order valence-corrected chi connectivity index (χ0v) is 16.3. The molecule has 1 aliphatic carbocycles. The van der Waals surface area contributed by atoms with E-state index in [1.165, 1.54) is 18.2 Å². The molecule has 4 nitrogen and oxygen atoms in total. The summed E-state index contributed by atoms with van der Waals surface area (Å²) in [6, 6.07) is 3.97. The number of benzene rings is 1. The second-order valence-electron chi connectivity index (χ2n) is 6.03. The number of nitrogens with zero attached hydrogens (tertiary/aromatic N) is 2. The Morgan fingerprint density at radius 1 is 1.35 bits per heavy atom. The molecule has 1 aliphatic rings. The molecule has 23 heavy (non-hydrogen) atoms. The van der Waals surface area contributed by atoms with E-state index in [9.17, 15) is 8.78 Å². The lowest BCUT2D eigenvalue weighted by molar-refractivity contribution is 0.282. The summed E-state index contributed by atoms with van der Waals surface area (Å²) in [4.78, 5) is 5.95. The topological polar surface area (TPSA) is 39.7 Å². The molecule has 0 saturated heterocycles. The number of aliphatic imine (C=N–C) groups is 1. The Bertz CT molecular complexity index is 531. The highest BCUT2D eigenvalue weighted by atomic mass is 127. The Kier molecular flexibility index (Phi) is 7.66. The minimum Gasteiger partial charge on any atom is -0.354 e. The van der Waals surface area contributed by atoms with Gasteiger partial charge in [-0.25, -0.2) is 8.78 Å². The summed E-state index contributed by atoms with van der Waals surface area (Å²) >= 11 is 0. The molecule has 3 unspecified atom stereocenters. The molecule has 0 aliphatic heterocycles. The third kappa shape index (κ3) is 5.27. The van der Waals surface area contributed by atoms with E-state index in [0.717, 1.165) is 6.42 Å². The first-order valence-corrected chi connectivity index (χ1v) is 7.51. The fourth-order valence-electron chi connectivity index (χ4n) is 2.46. The maximum absolute atomic E-state index is 14.0. The van der Waals surface area contributed by atoms with Crippen molar-refractivity contribution in [2.24, 2.45) is 10.9 Å². The van der Waals surface area contributed by atoms with Gasteiger partial charge in [-0.1, -0.05) is 13.0 Å². The van der Waals surface area contributed by atoms with Crippen molar-refractivity contribution in [2.75, 3.05) is 27.7 Å². The summed E-state index contributed by atoms with van der Waals surface area (Å²) in [5.74, 6) is 0.253. The molecule has 0 amide bonds. The van der Waals surface area contributed by atoms with Crippen LogP contribution in [0.15, 0.2) is 23.2 Å². The van der Waals surface area contributed by atoms with Crippen molar-refractivity contribution >= 4 is 29.9 Å². The summed E-state index contributed by atoms with van der Waals surface area (Å²) in [5.41, 5.74) is 0.0789. The van der Waals surface area contributed by atoms with Crippen molar-refractivity contribution in [3.63, 3.8) is 0 Å². The molecular formula is C16H25F2IN4. The molecule has 1 aromatic carbocycles. The molecule has 3 atom stereocenters. The van der Waals surface area contributed by atoms with Crippen LogP contribution < -0.4 is 10.6 Å². The van der Waals surface area contributed by atoms with Gasteiger partial charge < -0.3 is 15.5 Å². The molecule has 130 valence electrons. The van der Waals surface area contributed by atoms with Gasteiger partial charge in [0.2, 0.25) is 0 Å². The van der Waals surface area contributed by atoms with E-state index in [1.54, 1.807) is 26.0 Å². The van der Waals surface area contributed by atoms with E-state index >= 15 is 0 Å². The fourth-order valence-corrected chi connectivity index (χ4v) is 2.46. The Morgan fingerprint density at radius 2 is 1.91 bits per heavy atom. The molecular weight excluding hydrogens is 413 g/mol. The van der Waals surface area contributed by atoms with Gasteiger partial charge in [-0.05, 0) is 38.6 Å². The summed E-state index contributed by atoms with van der Waals surface area (Å²) < 4.78 is 28.0. The van der Waals surface area contributed by atoms with Gasteiger partial charge >= 0.3 is 0 Å². The van der Waals surface area contributed by atoms with Crippen LogP contribution in [0.4, 0.5) is 8.78 Å². The lowest BCUT2D eigenvalue weighted by atomic mass is 10.0. The molecule has 2 rings (SSSR count). The Labute approximate surface area is 153 Å². The van der Waals surface area contributed by atoms with Crippen LogP contribution >= 0.6 is 24.0 Å². The van der Waals surface area contributed by atoms with Crippen LogP contribution in [-0.4, -0.2) is 44.6 Å². The predicted molar refractivity (Wildman–Crippen MR) is 100 cm³/mol. The molecule has 0 aromatic heterocycles. The minimum atomic E-state index is -0.528. The highest BCUT2D eigenvalue weighted by Crippen LogP contribution is 2.29. The second kappa shape index (κ2) is 8.77. The first-order chi connectivity index (χ1) is 10.4. The molecule has 0 bridgehead atoms. The average molecular weight is 438 g/mol. The molecule has 0 radical (unpaired) electrons. The third-order valence-electron chi connectivity index (χ3n) is 4.07. The predicted octanol–water partition coefficient (Wildman–Crippen LogP) is 2.76. The largest absolute Gasteiger partial charge is 0.354 e. The smallest absolute Gasteiger partial charge is 0.191 e. The van der Waals surface area contributed by atoms with E-state index in [4.69, 9.17) is 0 Å². The highest BCUT2D eigenvalue weighted by molar-refractivity contribution is 14.0. The van der Waals surface area contributed by atoms with Gasteiger partial charge in [0.05, 0.1) is 6.04 Å². The van der Waals surface area contributed by atoms with Crippen LogP contribution in [0.3, 0.4) is 0 Å². The normalized spacial score (nSPS) is 21.6. The molecule has 7 heteroatoms. The van der Waals surface area contributed by atoms with Crippen molar-refractivity contribution in [2.45, 2.75) is 25.4 Å². The molecule has 1 fully saturated rings. The van der Waals surface area contributed by atoms with E-state index in [1.807, 2.05) is 0 Å². The van der Waals surface area contributed by atoms with E-state index in [2.05, 4.69) is 22.5 Å². The number of nitrogens with one attached hydrogen (secondary N) is 2. The molecule has 0 spiro atoms. The fraction of sp³-hybridized carbons (Fsp3) is 0.562. The maximum atomic E-state index is 14.0. The molecule has 2 N–H and O–H groups in total. The Morgan fingerprint density at radius 3 is 2.35 bits per heavy atom. The zero-order valence-electron chi connectivity index (χ0n) is 13.9. The Balaban J connectivity index is 0.00000264. The number of halogens is 3. The third-order valence-corrected chi connectivity index (χ3v) is 4.07. The monoisotopic (exact) mass is 438 g/mol. The summed E-state index contributed by atoms with van der Waals surface area (Å²) in [6.45, 7) is 2.54. The number of likely N-dealkylation sites (N-methyl/N-ethyl adjacent to an activating group) is 1. The highest BCUT2D eigenvalue weighted by Gasteiger charge is 2.33. The zero-order chi connectivity index (χ0) is 16.3. The lowest BCUT2D eigenvalue weighted by Gasteiger charge is -2.26. The van der Waals surface area contributed by atoms with Crippen LogP contribution in [0.2, 0.25) is 0 Å². The number of hydrogen-bond acceptors (Lipinski definition) is 2. The van der Waals surface area contributed by atoms with E-state index < -0.39 is 17.7 Å². The average Bonchev–Trinajstić information content (AvgIpc) is 3.15. The minimum absolute atomic E-state index is 0. The Hall–Kier alpha value is -0.960. The second-order valence-corrected chi connectivity index (χ2v) is 6.03. The van der Waals surface area contributed by atoms with Gasteiger partial charge in [-0.15, -0.1) is 24.0 Å². The molecule has 0 heterocycles. The number of rotatable bonds is 5. The lowest BCUT2D eigenvalue weighted by Crippen LogP contribution is -2.43. The van der Waals surface area contributed by atoms with Gasteiger partial charge in [0.1, 0.15) is 11.6 Å². The van der Waals surface area contributed by atoms with Crippen molar-refractivity contribution in [1.29, 1.82) is 0 Å². The van der Waals surface area contributed by atoms with Crippen LogP contribution in [0.25, 0.3) is 0 Å². The number of guanidine groups is 1. The first kappa shape index (κ1) is 20.1.